The third-order valence-electron chi connectivity index (χ3n) is 2.96. The maximum absolute atomic E-state index is 5.72. The molecule has 2 N–H and O–H groups in total. The highest BCUT2D eigenvalue weighted by molar-refractivity contribution is 5.26. The highest BCUT2D eigenvalue weighted by Crippen LogP contribution is 2.19. The summed E-state index contributed by atoms with van der Waals surface area (Å²) in [6.45, 7) is 7.76. The number of pyridine rings is 1. The van der Waals surface area contributed by atoms with Gasteiger partial charge in [-0.25, -0.2) is 4.98 Å². The Morgan fingerprint density at radius 1 is 1.22 bits per heavy atom. The van der Waals surface area contributed by atoms with Gasteiger partial charge >= 0.3 is 0 Å². The molecule has 0 saturated carbocycles. The van der Waals surface area contributed by atoms with Crippen LogP contribution in [0, 0.1) is 0 Å². The Kier molecular flexibility index (Phi) is 6.73. The third-order valence-corrected chi connectivity index (χ3v) is 2.96. The molecule has 0 atom stereocenters. The molecule has 102 valence electrons. The van der Waals surface area contributed by atoms with E-state index in [0.717, 1.165) is 30.2 Å². The first-order valence-electron chi connectivity index (χ1n) is 7.01. The average Bonchev–Trinajstić information content (AvgIpc) is 2.38. The predicted octanol–water partition coefficient (Wildman–Crippen LogP) is 3.62. The van der Waals surface area contributed by atoms with Crippen LogP contribution in [-0.2, 0) is 6.54 Å². The second-order valence-electron chi connectivity index (χ2n) is 5.01. The molecule has 3 heteroatoms. The first-order valence-corrected chi connectivity index (χ1v) is 7.01. The summed E-state index contributed by atoms with van der Waals surface area (Å²) < 4.78 is 5.72. The Morgan fingerprint density at radius 3 is 2.61 bits per heavy atom. The van der Waals surface area contributed by atoms with Crippen molar-refractivity contribution in [1.29, 1.82) is 0 Å². The molecule has 0 radical (unpaired) electrons. The minimum Gasteiger partial charge on any atom is -0.478 e. The van der Waals surface area contributed by atoms with Gasteiger partial charge in [0.15, 0.2) is 0 Å². The summed E-state index contributed by atoms with van der Waals surface area (Å²) in [5.41, 5.74) is 7.85. The van der Waals surface area contributed by atoms with Crippen molar-refractivity contribution in [3.63, 3.8) is 0 Å². The van der Waals surface area contributed by atoms with Gasteiger partial charge < -0.3 is 10.5 Å². The van der Waals surface area contributed by atoms with Gasteiger partial charge in [0.2, 0.25) is 5.88 Å². The van der Waals surface area contributed by atoms with Gasteiger partial charge in [0.1, 0.15) is 0 Å². The quantitative estimate of drug-likeness (QED) is 0.717. The van der Waals surface area contributed by atoms with Crippen molar-refractivity contribution in [2.24, 2.45) is 5.73 Å². The second-order valence-corrected chi connectivity index (χ2v) is 5.01. The molecular formula is C15H26N2O. The van der Waals surface area contributed by atoms with E-state index in [0.29, 0.717) is 12.5 Å². The van der Waals surface area contributed by atoms with Crippen LogP contribution >= 0.6 is 0 Å². The van der Waals surface area contributed by atoms with Crippen LogP contribution in [0.15, 0.2) is 12.1 Å². The zero-order valence-electron chi connectivity index (χ0n) is 11.9. The fourth-order valence-electron chi connectivity index (χ4n) is 1.78. The monoisotopic (exact) mass is 250 g/mol. The number of unbranched alkanes of at least 4 members (excludes halogenated alkanes) is 3. The zero-order chi connectivity index (χ0) is 13.4. The Balaban J connectivity index is 2.56. The number of nitrogens with zero attached hydrogens (tertiary/aromatic N) is 1. The van der Waals surface area contributed by atoms with Crippen molar-refractivity contribution >= 4 is 0 Å². The predicted molar refractivity (Wildman–Crippen MR) is 75.9 cm³/mol. The van der Waals surface area contributed by atoms with Crippen molar-refractivity contribution in [3.05, 3.63) is 23.4 Å². The van der Waals surface area contributed by atoms with E-state index in [4.69, 9.17) is 10.5 Å². The Hall–Kier alpha value is -1.09. The van der Waals surface area contributed by atoms with Crippen molar-refractivity contribution in [2.45, 2.75) is 58.9 Å². The average molecular weight is 250 g/mol. The molecule has 0 amide bonds. The number of rotatable bonds is 8. The highest BCUT2D eigenvalue weighted by Gasteiger charge is 2.06. The maximum Gasteiger partial charge on any atom is 0.213 e. The largest absolute Gasteiger partial charge is 0.478 e. The van der Waals surface area contributed by atoms with Crippen molar-refractivity contribution in [1.82, 2.24) is 4.98 Å². The van der Waals surface area contributed by atoms with Crippen LogP contribution in [0.5, 0.6) is 5.88 Å². The Bertz CT molecular complexity index is 350. The third kappa shape index (κ3) is 5.05. The van der Waals surface area contributed by atoms with Gasteiger partial charge in [-0.05, 0) is 24.0 Å². The molecular weight excluding hydrogens is 224 g/mol. The molecule has 0 aliphatic carbocycles. The van der Waals surface area contributed by atoms with Crippen LogP contribution in [-0.4, -0.2) is 11.6 Å². The standard InChI is InChI=1S/C15H26N2O/c1-4-5-6-7-8-18-15-10-13(11-16)9-14(17-15)12(2)3/h9-10,12H,4-8,11,16H2,1-3H3. The molecule has 3 nitrogen and oxygen atoms in total. The topological polar surface area (TPSA) is 48.1 Å². The van der Waals surface area contributed by atoms with E-state index in [1.165, 1.54) is 19.3 Å². The number of nitrogens with two attached hydrogens (primary N) is 1. The highest BCUT2D eigenvalue weighted by atomic mass is 16.5. The fourth-order valence-corrected chi connectivity index (χ4v) is 1.78. The lowest BCUT2D eigenvalue weighted by atomic mass is 10.1. The molecule has 0 bridgehead atoms. The minimum absolute atomic E-state index is 0.402. The summed E-state index contributed by atoms with van der Waals surface area (Å²) in [4.78, 5) is 4.52. The van der Waals surface area contributed by atoms with E-state index in [1.54, 1.807) is 0 Å². The maximum atomic E-state index is 5.72. The number of hydrogen-bond acceptors (Lipinski definition) is 3. The first-order chi connectivity index (χ1) is 8.67. The van der Waals surface area contributed by atoms with Crippen molar-refractivity contribution < 1.29 is 4.74 Å². The van der Waals surface area contributed by atoms with Gasteiger partial charge in [0, 0.05) is 18.3 Å². The summed E-state index contributed by atoms with van der Waals surface area (Å²) in [6, 6.07) is 4.01. The van der Waals surface area contributed by atoms with Gasteiger partial charge in [-0.15, -0.1) is 0 Å². The van der Waals surface area contributed by atoms with E-state index in [2.05, 4.69) is 31.8 Å². The lowest BCUT2D eigenvalue weighted by Crippen LogP contribution is -2.05. The van der Waals surface area contributed by atoms with E-state index < -0.39 is 0 Å². The molecule has 0 spiro atoms. The van der Waals surface area contributed by atoms with Crippen LogP contribution in [0.3, 0.4) is 0 Å². The van der Waals surface area contributed by atoms with Crippen LogP contribution in [0.4, 0.5) is 0 Å². The molecule has 1 rings (SSSR count). The Morgan fingerprint density at radius 2 is 2.00 bits per heavy atom. The molecule has 0 fully saturated rings. The summed E-state index contributed by atoms with van der Waals surface area (Å²) in [5.74, 6) is 1.12. The number of ether oxygens (including phenoxy) is 1. The lowest BCUT2D eigenvalue weighted by molar-refractivity contribution is 0.292. The molecule has 1 aromatic heterocycles. The normalized spacial score (nSPS) is 10.9. The lowest BCUT2D eigenvalue weighted by Gasteiger charge is -2.11. The van der Waals surface area contributed by atoms with Crippen LogP contribution in [0.2, 0.25) is 0 Å². The number of aromatic nitrogens is 1. The molecule has 0 aliphatic rings. The zero-order valence-corrected chi connectivity index (χ0v) is 11.9. The van der Waals surface area contributed by atoms with Crippen LogP contribution in [0.25, 0.3) is 0 Å². The molecule has 18 heavy (non-hydrogen) atoms. The van der Waals surface area contributed by atoms with Gasteiger partial charge in [0.05, 0.1) is 6.61 Å². The van der Waals surface area contributed by atoms with Gasteiger partial charge in [-0.2, -0.15) is 0 Å². The van der Waals surface area contributed by atoms with Crippen molar-refractivity contribution in [3.8, 4) is 5.88 Å². The molecule has 1 aromatic rings. The second kappa shape index (κ2) is 8.09. The molecule has 0 aromatic carbocycles. The van der Waals surface area contributed by atoms with Crippen LogP contribution in [0.1, 0.15) is 63.6 Å². The van der Waals surface area contributed by atoms with E-state index in [9.17, 15) is 0 Å². The van der Waals surface area contributed by atoms with Crippen LogP contribution < -0.4 is 10.5 Å². The molecule has 1 heterocycles. The van der Waals surface area contributed by atoms with E-state index in [-0.39, 0.29) is 0 Å². The molecule has 0 unspecified atom stereocenters. The molecule has 0 saturated heterocycles. The van der Waals surface area contributed by atoms with Crippen molar-refractivity contribution in [2.75, 3.05) is 6.61 Å². The minimum atomic E-state index is 0.402. The summed E-state index contributed by atoms with van der Waals surface area (Å²) in [5, 5.41) is 0. The molecule has 0 aliphatic heterocycles. The SMILES string of the molecule is CCCCCCOc1cc(CN)cc(C(C)C)n1. The summed E-state index contributed by atoms with van der Waals surface area (Å²) >= 11 is 0. The summed E-state index contributed by atoms with van der Waals surface area (Å²) in [7, 11) is 0. The fraction of sp³-hybridized carbons (Fsp3) is 0.667. The first kappa shape index (κ1) is 15.0. The van der Waals surface area contributed by atoms with Gasteiger partial charge in [-0.1, -0.05) is 40.0 Å². The smallest absolute Gasteiger partial charge is 0.213 e. The van der Waals surface area contributed by atoms with Gasteiger partial charge in [0.25, 0.3) is 0 Å². The summed E-state index contributed by atoms with van der Waals surface area (Å²) in [6.07, 6.45) is 4.85. The number of hydrogen-bond donors (Lipinski definition) is 1. The van der Waals surface area contributed by atoms with E-state index >= 15 is 0 Å². The van der Waals surface area contributed by atoms with E-state index in [1.807, 2.05) is 6.07 Å². The van der Waals surface area contributed by atoms with Gasteiger partial charge in [-0.3, -0.25) is 0 Å². The Labute approximate surface area is 111 Å².